The monoisotopic (exact) mass is 314 g/mol. The fourth-order valence-electron chi connectivity index (χ4n) is 3.02. The van der Waals surface area contributed by atoms with Crippen LogP contribution in [-0.2, 0) is 4.74 Å². The molecule has 6 heteroatoms. The van der Waals surface area contributed by atoms with Crippen LogP contribution < -0.4 is 10.6 Å². The van der Waals surface area contributed by atoms with Crippen LogP contribution in [0.1, 0.15) is 25.7 Å². The Balaban J connectivity index is 1.59. The Morgan fingerprint density at radius 2 is 2.29 bits per heavy atom. The van der Waals surface area contributed by atoms with Crippen molar-refractivity contribution in [3.8, 4) is 0 Å². The lowest BCUT2D eigenvalue weighted by Gasteiger charge is -2.35. The minimum absolute atomic E-state index is 0.286. The van der Waals surface area contributed by atoms with Gasteiger partial charge in [-0.3, -0.25) is 9.89 Å². The van der Waals surface area contributed by atoms with Crippen LogP contribution in [-0.4, -0.2) is 74.8 Å². The van der Waals surface area contributed by atoms with Gasteiger partial charge in [0.1, 0.15) is 0 Å². The number of nitrogens with zero attached hydrogens (tertiary/aromatic N) is 2. The minimum atomic E-state index is 0.286. The summed E-state index contributed by atoms with van der Waals surface area (Å²) in [6.45, 7) is 5.02. The number of fused-ring (bicyclic) bond motifs is 1. The summed E-state index contributed by atoms with van der Waals surface area (Å²) < 4.78 is 5.95. The Labute approximate surface area is 133 Å². The van der Waals surface area contributed by atoms with Gasteiger partial charge in [-0.1, -0.05) is 0 Å². The van der Waals surface area contributed by atoms with Crippen LogP contribution in [0.5, 0.6) is 0 Å². The molecule has 2 aliphatic rings. The van der Waals surface area contributed by atoms with Crippen LogP contribution in [0.25, 0.3) is 0 Å². The topological polar surface area (TPSA) is 48.9 Å². The molecule has 2 aliphatic heterocycles. The molecule has 5 nitrogen and oxygen atoms in total. The zero-order valence-corrected chi connectivity index (χ0v) is 14.3. The number of rotatable bonds is 7. The van der Waals surface area contributed by atoms with E-state index in [1.807, 2.05) is 18.8 Å². The lowest BCUT2D eigenvalue weighted by molar-refractivity contribution is -0.0453. The number of guanidine groups is 1. The number of hydrogen-bond acceptors (Lipinski definition) is 4. The van der Waals surface area contributed by atoms with Crippen LogP contribution in [0.4, 0.5) is 0 Å². The highest BCUT2D eigenvalue weighted by Crippen LogP contribution is 2.22. The van der Waals surface area contributed by atoms with Crippen LogP contribution in [0.2, 0.25) is 0 Å². The zero-order chi connectivity index (χ0) is 14.9. The smallest absolute Gasteiger partial charge is 0.191 e. The number of ether oxygens (including phenoxy) is 1. The van der Waals surface area contributed by atoms with E-state index in [4.69, 9.17) is 4.74 Å². The van der Waals surface area contributed by atoms with E-state index < -0.39 is 0 Å². The van der Waals surface area contributed by atoms with Crippen molar-refractivity contribution in [2.24, 2.45) is 4.99 Å². The molecule has 122 valence electrons. The molecule has 2 rings (SSSR count). The van der Waals surface area contributed by atoms with Crippen LogP contribution in [0.15, 0.2) is 4.99 Å². The molecular formula is C15H30N4OS. The zero-order valence-electron chi connectivity index (χ0n) is 13.4. The van der Waals surface area contributed by atoms with E-state index in [9.17, 15) is 0 Å². The number of aliphatic imine (C=N–C) groups is 1. The number of unbranched alkanes of at least 4 members (excludes halogenated alkanes) is 1. The molecular weight excluding hydrogens is 284 g/mol. The first-order valence-electron chi connectivity index (χ1n) is 8.12. The first-order valence-corrected chi connectivity index (χ1v) is 9.52. The van der Waals surface area contributed by atoms with Gasteiger partial charge in [-0.25, -0.2) is 0 Å². The number of hydrogen-bond donors (Lipinski definition) is 2. The number of morpholine rings is 1. The molecule has 21 heavy (non-hydrogen) atoms. The predicted octanol–water partition coefficient (Wildman–Crippen LogP) is 1.16. The van der Waals surface area contributed by atoms with E-state index in [0.29, 0.717) is 6.04 Å². The van der Waals surface area contributed by atoms with Crippen LogP contribution >= 0.6 is 11.8 Å². The highest BCUT2D eigenvalue weighted by Gasteiger charge is 2.31. The highest BCUT2D eigenvalue weighted by atomic mass is 32.2. The second kappa shape index (κ2) is 9.54. The second-order valence-electron chi connectivity index (χ2n) is 5.83. The Kier molecular flexibility index (Phi) is 7.68. The van der Waals surface area contributed by atoms with Gasteiger partial charge < -0.3 is 15.4 Å². The molecule has 0 amide bonds. The molecule has 0 aromatic carbocycles. The highest BCUT2D eigenvalue weighted by molar-refractivity contribution is 7.98. The Hall–Kier alpha value is -0.460. The lowest BCUT2D eigenvalue weighted by atomic mass is 10.2. The van der Waals surface area contributed by atoms with Crippen molar-refractivity contribution in [1.82, 2.24) is 15.5 Å². The van der Waals surface area contributed by atoms with Crippen molar-refractivity contribution in [3.05, 3.63) is 0 Å². The van der Waals surface area contributed by atoms with E-state index in [0.717, 1.165) is 32.2 Å². The van der Waals surface area contributed by atoms with Crippen molar-refractivity contribution in [1.29, 1.82) is 0 Å². The number of nitrogens with one attached hydrogen (secondary N) is 2. The fraction of sp³-hybridized carbons (Fsp3) is 0.933. The van der Waals surface area contributed by atoms with Crippen molar-refractivity contribution < 1.29 is 4.74 Å². The third kappa shape index (κ3) is 5.68. The van der Waals surface area contributed by atoms with E-state index in [-0.39, 0.29) is 6.10 Å². The quantitative estimate of drug-likeness (QED) is 0.419. The molecule has 2 heterocycles. The molecule has 0 saturated carbocycles. The van der Waals surface area contributed by atoms with Crippen molar-refractivity contribution in [2.45, 2.75) is 37.8 Å². The molecule has 0 aromatic rings. The summed E-state index contributed by atoms with van der Waals surface area (Å²) in [4.78, 5) is 6.85. The summed E-state index contributed by atoms with van der Waals surface area (Å²) >= 11 is 1.91. The first-order chi connectivity index (χ1) is 10.3. The molecule has 0 aliphatic carbocycles. The molecule has 0 bridgehead atoms. The van der Waals surface area contributed by atoms with E-state index >= 15 is 0 Å². The van der Waals surface area contributed by atoms with Crippen LogP contribution in [0, 0.1) is 0 Å². The van der Waals surface area contributed by atoms with E-state index in [1.54, 1.807) is 0 Å². The van der Waals surface area contributed by atoms with Gasteiger partial charge in [0.05, 0.1) is 12.7 Å². The van der Waals surface area contributed by atoms with Gasteiger partial charge in [-0.05, 0) is 44.2 Å². The summed E-state index contributed by atoms with van der Waals surface area (Å²) in [5.41, 5.74) is 0. The third-order valence-corrected chi connectivity index (χ3v) is 4.95. The van der Waals surface area contributed by atoms with Gasteiger partial charge in [0.2, 0.25) is 0 Å². The molecule has 0 aromatic heterocycles. The van der Waals surface area contributed by atoms with E-state index in [2.05, 4.69) is 26.8 Å². The molecule has 2 saturated heterocycles. The maximum atomic E-state index is 5.95. The maximum absolute atomic E-state index is 5.95. The van der Waals surface area contributed by atoms with Crippen molar-refractivity contribution >= 4 is 17.7 Å². The van der Waals surface area contributed by atoms with Crippen LogP contribution in [0.3, 0.4) is 0 Å². The first kappa shape index (κ1) is 16.9. The predicted molar refractivity (Wildman–Crippen MR) is 91.3 cm³/mol. The average molecular weight is 314 g/mol. The summed E-state index contributed by atoms with van der Waals surface area (Å²) in [6.07, 6.45) is 7.52. The summed E-state index contributed by atoms with van der Waals surface area (Å²) in [5, 5.41) is 6.77. The van der Waals surface area contributed by atoms with Gasteiger partial charge in [-0.15, -0.1) is 0 Å². The largest absolute Gasteiger partial charge is 0.373 e. The molecule has 2 fully saturated rings. The minimum Gasteiger partial charge on any atom is -0.373 e. The fourth-order valence-corrected chi connectivity index (χ4v) is 3.51. The maximum Gasteiger partial charge on any atom is 0.191 e. The Morgan fingerprint density at radius 3 is 3.10 bits per heavy atom. The normalized spacial score (nSPS) is 26.7. The second-order valence-corrected chi connectivity index (χ2v) is 6.81. The average Bonchev–Trinajstić information content (AvgIpc) is 2.97. The lowest BCUT2D eigenvalue weighted by Crippen LogP contribution is -2.51. The Bertz CT molecular complexity index is 327. The standard InChI is InChI=1S/C15H30N4OS/c1-16-15(17-7-3-4-9-21-2)18-10-14-11-19-8-5-6-13(19)12-20-14/h13-14H,3-12H2,1-2H3,(H2,16,17,18). The SMILES string of the molecule is CN=C(NCCCCSC)NCC1CN2CCCC2CO1. The van der Waals surface area contributed by atoms with Gasteiger partial charge in [-0.2, -0.15) is 11.8 Å². The molecule has 2 unspecified atom stereocenters. The van der Waals surface area contributed by atoms with Gasteiger partial charge in [0.25, 0.3) is 0 Å². The van der Waals surface area contributed by atoms with Crippen molar-refractivity contribution in [3.63, 3.8) is 0 Å². The van der Waals surface area contributed by atoms with Crippen molar-refractivity contribution in [2.75, 3.05) is 51.8 Å². The molecule has 2 atom stereocenters. The van der Waals surface area contributed by atoms with Gasteiger partial charge in [0.15, 0.2) is 5.96 Å². The third-order valence-electron chi connectivity index (χ3n) is 4.25. The van der Waals surface area contributed by atoms with E-state index in [1.165, 1.54) is 38.0 Å². The molecule has 2 N–H and O–H groups in total. The number of thioether (sulfide) groups is 1. The Morgan fingerprint density at radius 1 is 1.38 bits per heavy atom. The molecule has 0 spiro atoms. The summed E-state index contributed by atoms with van der Waals surface area (Å²) in [5.74, 6) is 2.13. The molecule has 0 radical (unpaired) electrons. The summed E-state index contributed by atoms with van der Waals surface area (Å²) in [7, 11) is 1.83. The summed E-state index contributed by atoms with van der Waals surface area (Å²) in [6, 6.07) is 0.676. The van der Waals surface area contributed by atoms with Gasteiger partial charge >= 0.3 is 0 Å². The van der Waals surface area contributed by atoms with Gasteiger partial charge in [0, 0.05) is 32.7 Å².